The summed E-state index contributed by atoms with van der Waals surface area (Å²) in [4.78, 5) is 25.8. The Bertz CT molecular complexity index is 1030. The number of carbonyl (C=O) groups excluding carboxylic acids is 2. The predicted octanol–water partition coefficient (Wildman–Crippen LogP) is 1.97. The Kier molecular flexibility index (Phi) is 4.89. The molecule has 3 N–H and O–H groups in total. The smallest absolute Gasteiger partial charge is 0.292 e. The van der Waals surface area contributed by atoms with Gasteiger partial charge in [-0.2, -0.15) is 9.90 Å². The van der Waals surface area contributed by atoms with Gasteiger partial charge in [-0.1, -0.05) is 29.8 Å². The third-order valence-corrected chi connectivity index (χ3v) is 4.00. The number of nitrogens with zero attached hydrogens (tertiary/aromatic N) is 3. The summed E-state index contributed by atoms with van der Waals surface area (Å²) in [6.45, 7) is 5.59. The number of phenolic OH excluding ortho intramolecular Hbond substituents is 1. The Labute approximate surface area is 155 Å². The molecule has 8 nitrogen and oxygen atoms in total. The van der Waals surface area contributed by atoms with Gasteiger partial charge in [0.2, 0.25) is 0 Å². The zero-order valence-corrected chi connectivity index (χ0v) is 15.1. The monoisotopic (exact) mass is 365 g/mol. The van der Waals surface area contributed by atoms with Crippen LogP contribution in [0.5, 0.6) is 5.75 Å². The van der Waals surface area contributed by atoms with Gasteiger partial charge in [-0.15, -0.1) is 5.10 Å². The van der Waals surface area contributed by atoms with Crippen molar-refractivity contribution in [3.8, 4) is 11.4 Å². The van der Waals surface area contributed by atoms with Crippen molar-refractivity contribution in [2.45, 2.75) is 20.8 Å². The molecule has 2 amide bonds. The minimum Gasteiger partial charge on any atom is -0.507 e. The first kappa shape index (κ1) is 18.1. The molecule has 0 bridgehead atoms. The van der Waals surface area contributed by atoms with Crippen LogP contribution >= 0.6 is 0 Å². The van der Waals surface area contributed by atoms with Gasteiger partial charge in [0.25, 0.3) is 11.8 Å². The minimum atomic E-state index is -0.638. The minimum absolute atomic E-state index is 0.0495. The van der Waals surface area contributed by atoms with E-state index < -0.39 is 11.8 Å². The van der Waals surface area contributed by atoms with Crippen LogP contribution in [-0.4, -0.2) is 31.9 Å². The number of hydrogen-bond acceptors (Lipinski definition) is 5. The van der Waals surface area contributed by atoms with Crippen LogP contribution in [0.25, 0.3) is 5.69 Å². The van der Waals surface area contributed by atoms with E-state index in [4.69, 9.17) is 0 Å². The molecule has 0 atom stereocenters. The topological polar surface area (TPSA) is 109 Å². The third kappa shape index (κ3) is 3.79. The van der Waals surface area contributed by atoms with Crippen LogP contribution in [0.4, 0.5) is 0 Å². The number of para-hydroxylation sites is 1. The lowest BCUT2D eigenvalue weighted by atomic mass is 10.1. The van der Waals surface area contributed by atoms with E-state index in [1.807, 2.05) is 32.0 Å². The number of nitrogens with one attached hydrogen (secondary N) is 2. The number of rotatable bonds is 3. The van der Waals surface area contributed by atoms with Gasteiger partial charge < -0.3 is 5.11 Å². The SMILES string of the molecule is Cc1ccc(-n2nc(C)c(C(=O)NNC(=O)c3ccccc3O)n2)c(C)c1. The molecule has 0 spiro atoms. The third-order valence-electron chi connectivity index (χ3n) is 4.00. The van der Waals surface area contributed by atoms with E-state index in [1.54, 1.807) is 19.1 Å². The van der Waals surface area contributed by atoms with Gasteiger partial charge in [0.15, 0.2) is 5.69 Å². The molecule has 0 aliphatic rings. The molecular weight excluding hydrogens is 346 g/mol. The lowest BCUT2D eigenvalue weighted by molar-refractivity contribution is 0.0841. The van der Waals surface area contributed by atoms with Crippen molar-refractivity contribution >= 4 is 11.8 Å². The van der Waals surface area contributed by atoms with Crippen LogP contribution in [0.3, 0.4) is 0 Å². The number of phenols is 1. The van der Waals surface area contributed by atoms with E-state index in [2.05, 4.69) is 21.0 Å². The van der Waals surface area contributed by atoms with Crippen molar-refractivity contribution in [2.24, 2.45) is 0 Å². The van der Waals surface area contributed by atoms with Gasteiger partial charge >= 0.3 is 0 Å². The Morgan fingerprint density at radius 2 is 1.67 bits per heavy atom. The van der Waals surface area contributed by atoms with E-state index in [-0.39, 0.29) is 17.0 Å². The number of aromatic nitrogens is 3. The van der Waals surface area contributed by atoms with Crippen molar-refractivity contribution in [3.63, 3.8) is 0 Å². The highest BCUT2D eigenvalue weighted by molar-refractivity contribution is 6.00. The molecule has 8 heteroatoms. The highest BCUT2D eigenvalue weighted by Gasteiger charge is 2.18. The van der Waals surface area contributed by atoms with Crippen molar-refractivity contribution in [2.75, 3.05) is 0 Å². The molecular formula is C19H19N5O3. The van der Waals surface area contributed by atoms with Crippen molar-refractivity contribution in [3.05, 3.63) is 70.5 Å². The summed E-state index contributed by atoms with van der Waals surface area (Å²) in [5.41, 5.74) is 7.96. The van der Waals surface area contributed by atoms with E-state index in [1.165, 1.54) is 16.9 Å². The first-order chi connectivity index (χ1) is 12.9. The summed E-state index contributed by atoms with van der Waals surface area (Å²) in [5, 5.41) is 18.2. The van der Waals surface area contributed by atoms with Crippen LogP contribution in [-0.2, 0) is 0 Å². The highest BCUT2D eigenvalue weighted by atomic mass is 16.3. The second kappa shape index (κ2) is 7.28. The maximum atomic E-state index is 12.4. The van der Waals surface area contributed by atoms with Gasteiger partial charge in [0.1, 0.15) is 5.75 Å². The maximum absolute atomic E-state index is 12.4. The fourth-order valence-corrected chi connectivity index (χ4v) is 2.63. The quantitative estimate of drug-likeness (QED) is 0.615. The van der Waals surface area contributed by atoms with Crippen LogP contribution in [0.1, 0.15) is 37.7 Å². The van der Waals surface area contributed by atoms with Crippen molar-refractivity contribution < 1.29 is 14.7 Å². The Morgan fingerprint density at radius 3 is 2.37 bits per heavy atom. The molecule has 1 aromatic heterocycles. The molecule has 3 rings (SSSR count). The Balaban J connectivity index is 1.75. The predicted molar refractivity (Wildman–Crippen MR) is 98.6 cm³/mol. The normalized spacial score (nSPS) is 10.5. The van der Waals surface area contributed by atoms with Gasteiger partial charge in [0.05, 0.1) is 16.9 Å². The summed E-state index contributed by atoms with van der Waals surface area (Å²) >= 11 is 0. The molecule has 3 aromatic rings. The number of hydrazine groups is 1. The number of aryl methyl sites for hydroxylation is 3. The second-order valence-corrected chi connectivity index (χ2v) is 6.14. The fourth-order valence-electron chi connectivity index (χ4n) is 2.63. The summed E-state index contributed by atoms with van der Waals surface area (Å²) in [6.07, 6.45) is 0. The van der Waals surface area contributed by atoms with Crippen molar-refractivity contribution in [1.29, 1.82) is 0 Å². The van der Waals surface area contributed by atoms with Gasteiger partial charge in [-0.05, 0) is 44.5 Å². The summed E-state index contributed by atoms with van der Waals surface area (Å²) < 4.78 is 0. The molecule has 0 aliphatic heterocycles. The average Bonchev–Trinajstić information content (AvgIpc) is 3.01. The lowest BCUT2D eigenvalue weighted by Crippen LogP contribution is -2.42. The number of amides is 2. The lowest BCUT2D eigenvalue weighted by Gasteiger charge is -2.07. The van der Waals surface area contributed by atoms with Crippen LogP contribution in [0.2, 0.25) is 0 Å². The van der Waals surface area contributed by atoms with Crippen LogP contribution in [0, 0.1) is 20.8 Å². The first-order valence-corrected chi connectivity index (χ1v) is 8.27. The van der Waals surface area contributed by atoms with Crippen LogP contribution < -0.4 is 10.9 Å². The largest absolute Gasteiger partial charge is 0.507 e. The van der Waals surface area contributed by atoms with E-state index in [9.17, 15) is 14.7 Å². The van der Waals surface area contributed by atoms with Gasteiger partial charge in [-0.25, -0.2) is 0 Å². The zero-order chi connectivity index (χ0) is 19.6. The molecule has 0 saturated heterocycles. The Morgan fingerprint density at radius 1 is 0.963 bits per heavy atom. The summed E-state index contributed by atoms with van der Waals surface area (Å²) in [7, 11) is 0. The fraction of sp³-hybridized carbons (Fsp3) is 0.158. The number of hydrogen-bond donors (Lipinski definition) is 3. The number of aromatic hydroxyl groups is 1. The molecule has 27 heavy (non-hydrogen) atoms. The summed E-state index contributed by atoms with van der Waals surface area (Å²) in [6, 6.07) is 11.9. The average molecular weight is 365 g/mol. The van der Waals surface area contributed by atoms with Gasteiger partial charge in [-0.3, -0.25) is 20.4 Å². The zero-order valence-electron chi connectivity index (χ0n) is 15.1. The molecule has 0 aliphatic carbocycles. The van der Waals surface area contributed by atoms with E-state index in [0.29, 0.717) is 5.69 Å². The molecule has 0 saturated carbocycles. The molecule has 1 heterocycles. The number of benzene rings is 2. The first-order valence-electron chi connectivity index (χ1n) is 8.27. The molecule has 0 unspecified atom stereocenters. The van der Waals surface area contributed by atoms with Gasteiger partial charge in [0, 0.05) is 0 Å². The highest BCUT2D eigenvalue weighted by Crippen LogP contribution is 2.16. The molecule has 138 valence electrons. The van der Waals surface area contributed by atoms with E-state index in [0.717, 1.165) is 16.8 Å². The van der Waals surface area contributed by atoms with Crippen molar-refractivity contribution in [1.82, 2.24) is 25.8 Å². The molecule has 2 aromatic carbocycles. The number of carbonyl (C=O) groups is 2. The van der Waals surface area contributed by atoms with Crippen LogP contribution in [0.15, 0.2) is 42.5 Å². The Hall–Kier alpha value is -3.68. The van der Waals surface area contributed by atoms with E-state index >= 15 is 0 Å². The standard InChI is InChI=1S/C19H19N5O3/c1-11-8-9-15(12(2)10-11)24-22-13(3)17(23-24)19(27)21-20-18(26)14-6-4-5-7-16(14)25/h4-10,25H,1-3H3,(H,20,26)(H,21,27). The summed E-state index contributed by atoms with van der Waals surface area (Å²) in [5.74, 6) is -1.42. The molecule has 0 radical (unpaired) electrons. The molecule has 0 fully saturated rings. The maximum Gasteiger partial charge on any atom is 0.292 e. The second-order valence-electron chi connectivity index (χ2n) is 6.14.